The predicted molar refractivity (Wildman–Crippen MR) is 80.4 cm³/mol. The summed E-state index contributed by atoms with van der Waals surface area (Å²) in [5.41, 5.74) is 1.70. The first-order valence-electron chi connectivity index (χ1n) is 7.26. The van der Waals surface area contributed by atoms with Crippen LogP contribution in [-0.4, -0.2) is 52.7 Å². The molecular weight excluding hydrogens is 286 g/mol. The number of nitrogens with zero attached hydrogens (tertiary/aromatic N) is 2. The van der Waals surface area contributed by atoms with E-state index in [2.05, 4.69) is 9.97 Å². The zero-order valence-corrected chi connectivity index (χ0v) is 12.6. The number of fused-ring (bicyclic) bond motifs is 2. The summed E-state index contributed by atoms with van der Waals surface area (Å²) < 4.78 is 11.1. The Labute approximate surface area is 127 Å². The molecule has 0 saturated heterocycles. The zero-order valence-electron chi connectivity index (χ0n) is 12.6. The number of aromatic amines is 1. The number of carboxylic acid groups (broad SMARTS) is 1. The van der Waals surface area contributed by atoms with Crippen LogP contribution in [0.5, 0.6) is 11.5 Å². The average Bonchev–Trinajstić information content (AvgIpc) is 2.92. The van der Waals surface area contributed by atoms with Crippen LogP contribution < -0.4 is 9.47 Å². The van der Waals surface area contributed by atoms with E-state index in [0.717, 1.165) is 22.6 Å². The van der Waals surface area contributed by atoms with Gasteiger partial charge in [0.05, 0.1) is 23.5 Å². The zero-order chi connectivity index (χ0) is 15.7. The van der Waals surface area contributed by atoms with Crippen LogP contribution in [-0.2, 0) is 4.79 Å². The fourth-order valence-corrected chi connectivity index (χ4v) is 2.44. The molecule has 0 spiro atoms. The van der Waals surface area contributed by atoms with Crippen molar-refractivity contribution in [1.29, 1.82) is 0 Å². The molecule has 0 amide bonds. The number of benzene rings is 1. The van der Waals surface area contributed by atoms with Gasteiger partial charge in [-0.15, -0.1) is 0 Å². The summed E-state index contributed by atoms with van der Waals surface area (Å²) >= 11 is 0. The molecule has 1 unspecified atom stereocenters. The van der Waals surface area contributed by atoms with E-state index in [-0.39, 0.29) is 12.5 Å². The fraction of sp³-hybridized carbons (Fsp3) is 0.467. The van der Waals surface area contributed by atoms with Gasteiger partial charge in [0.1, 0.15) is 19.0 Å². The first-order valence-corrected chi connectivity index (χ1v) is 7.26. The normalized spacial score (nSPS) is 15.2. The van der Waals surface area contributed by atoms with Crippen LogP contribution in [0.1, 0.15) is 25.2 Å². The van der Waals surface area contributed by atoms with E-state index < -0.39 is 5.97 Å². The second-order valence-corrected chi connectivity index (χ2v) is 5.44. The number of nitrogens with one attached hydrogen (secondary N) is 1. The summed E-state index contributed by atoms with van der Waals surface area (Å²) in [4.78, 5) is 20.5. The van der Waals surface area contributed by atoms with Gasteiger partial charge in [-0.25, -0.2) is 4.98 Å². The standard InChI is InChI=1S/C15H19N3O4/c1-9(18(2)4-3-14(19)20)15-16-10-7-12-13(8-11(10)17-15)22-6-5-21-12/h7-9H,3-6H2,1-2H3,(H,16,17)(H,19,20). The molecule has 118 valence electrons. The summed E-state index contributed by atoms with van der Waals surface area (Å²) in [6, 6.07) is 3.75. The number of aromatic nitrogens is 2. The summed E-state index contributed by atoms with van der Waals surface area (Å²) in [5, 5.41) is 8.77. The van der Waals surface area contributed by atoms with Crippen molar-refractivity contribution in [2.75, 3.05) is 26.8 Å². The molecule has 1 aromatic carbocycles. The molecule has 3 rings (SSSR count). The summed E-state index contributed by atoms with van der Waals surface area (Å²) in [6.45, 7) is 3.56. The van der Waals surface area contributed by atoms with Gasteiger partial charge in [0.15, 0.2) is 11.5 Å². The number of imidazole rings is 1. The number of aliphatic carboxylic acids is 1. The fourth-order valence-electron chi connectivity index (χ4n) is 2.44. The summed E-state index contributed by atoms with van der Waals surface area (Å²) in [5.74, 6) is 1.43. The molecule has 7 nitrogen and oxygen atoms in total. The molecule has 0 fully saturated rings. The molecule has 7 heteroatoms. The quantitative estimate of drug-likeness (QED) is 0.876. The molecule has 22 heavy (non-hydrogen) atoms. The van der Waals surface area contributed by atoms with Gasteiger partial charge in [0, 0.05) is 18.7 Å². The van der Waals surface area contributed by atoms with Crippen molar-refractivity contribution >= 4 is 17.0 Å². The van der Waals surface area contributed by atoms with Crippen LogP contribution in [0.25, 0.3) is 11.0 Å². The summed E-state index contributed by atoms with van der Waals surface area (Å²) in [7, 11) is 1.89. The maximum atomic E-state index is 10.7. The van der Waals surface area contributed by atoms with Crippen LogP contribution in [0.4, 0.5) is 0 Å². The van der Waals surface area contributed by atoms with Crippen molar-refractivity contribution in [3.8, 4) is 11.5 Å². The molecular formula is C15H19N3O4. The summed E-state index contributed by atoms with van der Waals surface area (Å²) in [6.07, 6.45) is 0.108. The molecule has 1 aromatic heterocycles. The Morgan fingerprint density at radius 3 is 2.77 bits per heavy atom. The number of ether oxygens (including phenoxy) is 2. The highest BCUT2D eigenvalue weighted by molar-refractivity contribution is 5.80. The molecule has 2 heterocycles. The Hall–Kier alpha value is -2.28. The lowest BCUT2D eigenvalue weighted by molar-refractivity contribution is -0.137. The third-order valence-corrected chi connectivity index (χ3v) is 3.90. The number of carbonyl (C=O) groups is 1. The minimum absolute atomic E-state index is 0.00869. The van der Waals surface area contributed by atoms with Crippen LogP contribution in [0.15, 0.2) is 12.1 Å². The Kier molecular flexibility index (Phi) is 3.89. The second-order valence-electron chi connectivity index (χ2n) is 5.44. The van der Waals surface area contributed by atoms with E-state index in [1.54, 1.807) is 0 Å². The molecule has 1 aliphatic rings. The van der Waals surface area contributed by atoms with Crippen molar-refractivity contribution in [2.45, 2.75) is 19.4 Å². The first-order chi connectivity index (χ1) is 10.5. The van der Waals surface area contributed by atoms with Crippen molar-refractivity contribution in [3.63, 3.8) is 0 Å². The van der Waals surface area contributed by atoms with E-state index in [1.165, 1.54) is 0 Å². The highest BCUT2D eigenvalue weighted by atomic mass is 16.6. The van der Waals surface area contributed by atoms with Gasteiger partial charge < -0.3 is 19.6 Å². The Morgan fingerprint density at radius 2 is 2.09 bits per heavy atom. The van der Waals surface area contributed by atoms with Crippen LogP contribution in [0, 0.1) is 0 Å². The van der Waals surface area contributed by atoms with Crippen molar-refractivity contribution in [2.24, 2.45) is 0 Å². The Morgan fingerprint density at radius 1 is 1.41 bits per heavy atom. The third-order valence-electron chi connectivity index (χ3n) is 3.90. The van der Waals surface area contributed by atoms with E-state index in [9.17, 15) is 4.79 Å². The molecule has 1 atom stereocenters. The van der Waals surface area contributed by atoms with Crippen molar-refractivity contribution in [1.82, 2.24) is 14.9 Å². The number of rotatable bonds is 5. The van der Waals surface area contributed by atoms with E-state index >= 15 is 0 Å². The average molecular weight is 305 g/mol. The number of H-pyrrole nitrogens is 1. The number of carboxylic acids is 1. The topological polar surface area (TPSA) is 87.7 Å². The Balaban J connectivity index is 1.83. The lowest BCUT2D eigenvalue weighted by Gasteiger charge is -2.21. The molecule has 2 N–H and O–H groups in total. The maximum absolute atomic E-state index is 10.7. The maximum Gasteiger partial charge on any atom is 0.304 e. The smallest absolute Gasteiger partial charge is 0.304 e. The van der Waals surface area contributed by atoms with Gasteiger partial charge in [0.2, 0.25) is 0 Å². The largest absolute Gasteiger partial charge is 0.486 e. The molecule has 0 aliphatic carbocycles. The van der Waals surface area contributed by atoms with Crippen LogP contribution in [0.2, 0.25) is 0 Å². The van der Waals surface area contributed by atoms with E-state index in [1.807, 2.05) is 31.0 Å². The molecule has 0 bridgehead atoms. The Bertz CT molecular complexity index is 654. The number of hydrogen-bond donors (Lipinski definition) is 2. The van der Waals surface area contributed by atoms with E-state index in [0.29, 0.717) is 25.5 Å². The lowest BCUT2D eigenvalue weighted by Crippen LogP contribution is -2.25. The second kappa shape index (κ2) is 5.84. The van der Waals surface area contributed by atoms with Gasteiger partial charge in [-0.2, -0.15) is 0 Å². The van der Waals surface area contributed by atoms with E-state index in [4.69, 9.17) is 14.6 Å². The van der Waals surface area contributed by atoms with Gasteiger partial charge in [-0.05, 0) is 14.0 Å². The minimum Gasteiger partial charge on any atom is -0.486 e. The minimum atomic E-state index is -0.800. The highest BCUT2D eigenvalue weighted by Crippen LogP contribution is 2.34. The molecule has 0 radical (unpaired) electrons. The molecule has 2 aromatic rings. The van der Waals surface area contributed by atoms with Gasteiger partial charge in [-0.1, -0.05) is 0 Å². The number of hydrogen-bond acceptors (Lipinski definition) is 5. The van der Waals surface area contributed by atoms with Gasteiger partial charge >= 0.3 is 5.97 Å². The first kappa shape index (κ1) is 14.6. The van der Waals surface area contributed by atoms with Crippen LogP contribution >= 0.6 is 0 Å². The SMILES string of the molecule is CC(c1nc2cc3c(cc2[nH]1)OCCO3)N(C)CCC(=O)O. The molecule has 0 saturated carbocycles. The van der Waals surface area contributed by atoms with Crippen LogP contribution in [0.3, 0.4) is 0 Å². The van der Waals surface area contributed by atoms with Crippen molar-refractivity contribution < 1.29 is 19.4 Å². The molecule has 1 aliphatic heterocycles. The highest BCUT2D eigenvalue weighted by Gasteiger charge is 2.19. The van der Waals surface area contributed by atoms with Crippen molar-refractivity contribution in [3.05, 3.63) is 18.0 Å². The lowest BCUT2D eigenvalue weighted by atomic mass is 10.2. The van der Waals surface area contributed by atoms with Gasteiger partial charge in [0.25, 0.3) is 0 Å². The third kappa shape index (κ3) is 2.85. The monoisotopic (exact) mass is 305 g/mol. The van der Waals surface area contributed by atoms with Gasteiger partial charge in [-0.3, -0.25) is 9.69 Å². The predicted octanol–water partition coefficient (Wildman–Crippen LogP) is 1.80.